The van der Waals surface area contributed by atoms with Crippen molar-refractivity contribution in [3.8, 4) is 5.69 Å². The lowest BCUT2D eigenvalue weighted by Crippen LogP contribution is -2.14. The van der Waals surface area contributed by atoms with Gasteiger partial charge in [0.15, 0.2) is 5.69 Å². The normalized spacial score (nSPS) is 10.8. The predicted octanol–water partition coefficient (Wildman–Crippen LogP) is 3.95. The Kier molecular flexibility index (Phi) is 4.42. The summed E-state index contributed by atoms with van der Waals surface area (Å²) >= 11 is 0. The maximum absolute atomic E-state index is 12.5. The highest BCUT2D eigenvalue weighted by Crippen LogP contribution is 2.19. The van der Waals surface area contributed by atoms with Crippen LogP contribution in [0.5, 0.6) is 0 Å². The summed E-state index contributed by atoms with van der Waals surface area (Å²) in [5.41, 5.74) is 3.85. The molecule has 0 saturated heterocycles. The van der Waals surface area contributed by atoms with Gasteiger partial charge in [0.25, 0.3) is 5.91 Å². The lowest BCUT2D eigenvalue weighted by Gasteiger charge is -2.09. The SMILES string of the molecule is Cc1c(C(=O)Nc2cccc(C(C)C)c2)nnn1-c1ccccc1. The molecule has 0 atom stereocenters. The molecule has 3 rings (SSSR count). The fourth-order valence-electron chi connectivity index (χ4n) is 2.52. The first-order chi connectivity index (χ1) is 11.6. The molecule has 1 N–H and O–H groups in total. The van der Waals surface area contributed by atoms with E-state index in [1.165, 1.54) is 5.56 Å². The molecule has 122 valence electrons. The van der Waals surface area contributed by atoms with Gasteiger partial charge >= 0.3 is 0 Å². The Balaban J connectivity index is 1.84. The molecule has 24 heavy (non-hydrogen) atoms. The Labute approximate surface area is 141 Å². The van der Waals surface area contributed by atoms with Crippen molar-refractivity contribution >= 4 is 11.6 Å². The lowest BCUT2D eigenvalue weighted by atomic mass is 10.0. The van der Waals surface area contributed by atoms with Gasteiger partial charge in [-0.25, -0.2) is 4.68 Å². The number of aromatic nitrogens is 3. The summed E-state index contributed by atoms with van der Waals surface area (Å²) in [5.74, 6) is 0.151. The van der Waals surface area contributed by atoms with Crippen molar-refractivity contribution < 1.29 is 4.79 Å². The largest absolute Gasteiger partial charge is 0.321 e. The van der Waals surface area contributed by atoms with Gasteiger partial charge in [0.1, 0.15) is 0 Å². The second-order valence-corrected chi connectivity index (χ2v) is 6.01. The van der Waals surface area contributed by atoms with Crippen LogP contribution in [0.1, 0.15) is 41.5 Å². The zero-order chi connectivity index (χ0) is 17.1. The van der Waals surface area contributed by atoms with Gasteiger partial charge < -0.3 is 5.32 Å². The van der Waals surface area contributed by atoms with E-state index in [2.05, 4.69) is 35.5 Å². The summed E-state index contributed by atoms with van der Waals surface area (Å²) in [6, 6.07) is 17.5. The molecule has 0 unspecified atom stereocenters. The van der Waals surface area contributed by atoms with E-state index in [1.54, 1.807) is 4.68 Å². The van der Waals surface area contributed by atoms with Crippen LogP contribution in [-0.2, 0) is 0 Å². The first-order valence-electron chi connectivity index (χ1n) is 7.95. The van der Waals surface area contributed by atoms with Crippen LogP contribution in [-0.4, -0.2) is 20.9 Å². The minimum absolute atomic E-state index is 0.254. The molecule has 1 heterocycles. The molecule has 3 aromatic rings. The van der Waals surface area contributed by atoms with E-state index in [9.17, 15) is 4.79 Å². The number of carbonyl (C=O) groups excluding carboxylic acids is 1. The molecule has 5 nitrogen and oxygen atoms in total. The van der Waals surface area contributed by atoms with Gasteiger partial charge in [-0.05, 0) is 42.7 Å². The number of benzene rings is 2. The van der Waals surface area contributed by atoms with E-state index in [1.807, 2.05) is 55.5 Å². The molecule has 0 saturated carbocycles. The minimum atomic E-state index is -0.254. The predicted molar refractivity (Wildman–Crippen MR) is 94.6 cm³/mol. The number of nitrogens with zero attached hydrogens (tertiary/aromatic N) is 3. The molecular weight excluding hydrogens is 300 g/mol. The quantitative estimate of drug-likeness (QED) is 0.792. The third kappa shape index (κ3) is 3.20. The van der Waals surface area contributed by atoms with Crippen molar-refractivity contribution in [1.82, 2.24) is 15.0 Å². The number of para-hydroxylation sites is 1. The summed E-state index contributed by atoms with van der Waals surface area (Å²) in [7, 11) is 0. The average molecular weight is 320 g/mol. The molecular formula is C19H20N4O. The second-order valence-electron chi connectivity index (χ2n) is 6.01. The fraction of sp³-hybridized carbons (Fsp3) is 0.211. The van der Waals surface area contributed by atoms with E-state index >= 15 is 0 Å². The first kappa shape index (κ1) is 15.9. The summed E-state index contributed by atoms with van der Waals surface area (Å²) in [6.45, 7) is 6.08. The van der Waals surface area contributed by atoms with E-state index in [4.69, 9.17) is 0 Å². The maximum atomic E-state index is 12.5. The standard InChI is InChI=1S/C19H20N4O/c1-13(2)15-8-7-9-16(12-15)20-19(24)18-14(3)23(22-21-18)17-10-5-4-6-11-17/h4-13H,1-3H3,(H,20,24). The number of amides is 1. The highest BCUT2D eigenvalue weighted by atomic mass is 16.2. The summed E-state index contributed by atoms with van der Waals surface area (Å²) in [6.07, 6.45) is 0. The van der Waals surface area contributed by atoms with Gasteiger partial charge in [-0.1, -0.05) is 49.4 Å². The van der Waals surface area contributed by atoms with Gasteiger partial charge in [-0.3, -0.25) is 4.79 Å². The Morgan fingerprint density at radius 3 is 2.54 bits per heavy atom. The van der Waals surface area contributed by atoms with Crippen molar-refractivity contribution in [2.45, 2.75) is 26.7 Å². The number of nitrogens with one attached hydrogen (secondary N) is 1. The summed E-state index contributed by atoms with van der Waals surface area (Å²) < 4.78 is 1.67. The molecule has 0 aliphatic heterocycles. The number of rotatable bonds is 4. The van der Waals surface area contributed by atoms with Crippen LogP contribution in [0, 0.1) is 6.92 Å². The van der Waals surface area contributed by atoms with E-state index < -0.39 is 0 Å². The summed E-state index contributed by atoms with van der Waals surface area (Å²) in [4.78, 5) is 12.5. The van der Waals surface area contributed by atoms with Crippen molar-refractivity contribution in [2.24, 2.45) is 0 Å². The van der Waals surface area contributed by atoms with Crippen LogP contribution < -0.4 is 5.32 Å². The molecule has 0 radical (unpaired) electrons. The van der Waals surface area contributed by atoms with Gasteiger partial charge in [0.05, 0.1) is 11.4 Å². The van der Waals surface area contributed by atoms with Crippen molar-refractivity contribution in [3.63, 3.8) is 0 Å². The number of carbonyl (C=O) groups is 1. The zero-order valence-corrected chi connectivity index (χ0v) is 14.0. The Hall–Kier alpha value is -2.95. The highest BCUT2D eigenvalue weighted by molar-refractivity contribution is 6.03. The van der Waals surface area contributed by atoms with Crippen LogP contribution in [0.15, 0.2) is 54.6 Å². The van der Waals surface area contributed by atoms with Crippen molar-refractivity contribution in [1.29, 1.82) is 0 Å². The molecule has 2 aromatic carbocycles. The molecule has 5 heteroatoms. The first-order valence-corrected chi connectivity index (χ1v) is 7.95. The van der Waals surface area contributed by atoms with Crippen LogP contribution in [0.3, 0.4) is 0 Å². The van der Waals surface area contributed by atoms with Gasteiger partial charge in [0.2, 0.25) is 0 Å². The van der Waals surface area contributed by atoms with Crippen LogP contribution in [0.25, 0.3) is 5.69 Å². The van der Waals surface area contributed by atoms with E-state index in [0.717, 1.165) is 11.4 Å². The lowest BCUT2D eigenvalue weighted by molar-refractivity contribution is 0.102. The summed E-state index contributed by atoms with van der Waals surface area (Å²) in [5, 5.41) is 11.1. The van der Waals surface area contributed by atoms with Crippen LogP contribution in [0.4, 0.5) is 5.69 Å². The maximum Gasteiger partial charge on any atom is 0.278 e. The third-order valence-electron chi connectivity index (χ3n) is 3.92. The Bertz CT molecular complexity index is 853. The van der Waals surface area contributed by atoms with Gasteiger partial charge in [0, 0.05) is 5.69 Å². The smallest absolute Gasteiger partial charge is 0.278 e. The molecule has 0 fully saturated rings. The Morgan fingerprint density at radius 2 is 1.83 bits per heavy atom. The van der Waals surface area contributed by atoms with Gasteiger partial charge in [-0.2, -0.15) is 0 Å². The molecule has 0 spiro atoms. The van der Waals surface area contributed by atoms with Gasteiger partial charge in [-0.15, -0.1) is 5.10 Å². The number of anilines is 1. The number of hydrogen-bond donors (Lipinski definition) is 1. The molecule has 0 aliphatic carbocycles. The highest BCUT2D eigenvalue weighted by Gasteiger charge is 2.17. The Morgan fingerprint density at radius 1 is 1.08 bits per heavy atom. The fourth-order valence-corrected chi connectivity index (χ4v) is 2.52. The average Bonchev–Trinajstić information content (AvgIpc) is 2.97. The van der Waals surface area contributed by atoms with Crippen LogP contribution in [0.2, 0.25) is 0 Å². The minimum Gasteiger partial charge on any atom is -0.321 e. The monoisotopic (exact) mass is 320 g/mol. The van der Waals surface area contributed by atoms with E-state index in [-0.39, 0.29) is 5.91 Å². The van der Waals surface area contributed by atoms with E-state index in [0.29, 0.717) is 17.3 Å². The van der Waals surface area contributed by atoms with Crippen molar-refractivity contribution in [3.05, 3.63) is 71.5 Å². The number of hydrogen-bond acceptors (Lipinski definition) is 3. The molecule has 1 aromatic heterocycles. The second kappa shape index (κ2) is 6.66. The van der Waals surface area contributed by atoms with Crippen LogP contribution >= 0.6 is 0 Å². The third-order valence-corrected chi connectivity index (χ3v) is 3.92. The zero-order valence-electron chi connectivity index (χ0n) is 14.0. The molecule has 0 bridgehead atoms. The topological polar surface area (TPSA) is 59.8 Å². The van der Waals surface area contributed by atoms with Crippen molar-refractivity contribution in [2.75, 3.05) is 5.32 Å². The molecule has 0 aliphatic rings. The molecule has 1 amide bonds.